The summed E-state index contributed by atoms with van der Waals surface area (Å²) in [5.41, 5.74) is 1.24. The molecule has 4 heteroatoms. The minimum Gasteiger partial charge on any atom is -0.479 e. The molecule has 0 heterocycles. The third kappa shape index (κ3) is 2.29. The first-order valence-electron chi connectivity index (χ1n) is 8.19. The largest absolute Gasteiger partial charge is 0.479 e. The van der Waals surface area contributed by atoms with Crippen molar-refractivity contribution < 1.29 is 19.0 Å². The Bertz CT molecular complexity index is 575. The van der Waals surface area contributed by atoms with Gasteiger partial charge in [0.05, 0.1) is 0 Å². The Hall–Kier alpha value is -1.58. The average Bonchev–Trinajstić information content (AvgIpc) is 2.44. The van der Waals surface area contributed by atoms with E-state index in [2.05, 4.69) is 0 Å². The number of hydrogen-bond acceptors (Lipinski definition) is 2. The SMILES string of the molecule is O=C(O)COc1ccc(C23CC4CC(CC(C4)C2)C3)cc1F. The molecule has 0 atom stereocenters. The predicted octanol–water partition coefficient (Wildman–Crippen LogP) is 3.76. The van der Waals surface area contributed by atoms with Crippen molar-refractivity contribution >= 4 is 5.97 Å². The maximum absolute atomic E-state index is 14.3. The summed E-state index contributed by atoms with van der Waals surface area (Å²) in [5.74, 6) is 0.960. The van der Waals surface area contributed by atoms with Crippen LogP contribution in [0.5, 0.6) is 5.75 Å². The maximum atomic E-state index is 14.3. The summed E-state index contributed by atoms with van der Waals surface area (Å²) >= 11 is 0. The van der Waals surface area contributed by atoms with E-state index in [1.807, 2.05) is 6.07 Å². The van der Waals surface area contributed by atoms with E-state index in [1.54, 1.807) is 12.1 Å². The summed E-state index contributed by atoms with van der Waals surface area (Å²) in [6.45, 7) is -0.506. The fraction of sp³-hybridized carbons (Fsp3) is 0.611. The Morgan fingerprint density at radius 3 is 2.27 bits per heavy atom. The van der Waals surface area contributed by atoms with Gasteiger partial charge in [0.25, 0.3) is 0 Å². The first kappa shape index (κ1) is 14.0. The van der Waals surface area contributed by atoms with Crippen LogP contribution < -0.4 is 4.74 Å². The second kappa shape index (κ2) is 4.97. The number of carboxylic acid groups (broad SMARTS) is 1. The molecule has 0 aliphatic heterocycles. The van der Waals surface area contributed by atoms with Crippen LogP contribution in [0, 0.1) is 23.6 Å². The van der Waals surface area contributed by atoms with Gasteiger partial charge in [-0.1, -0.05) is 6.07 Å². The van der Waals surface area contributed by atoms with E-state index in [1.165, 1.54) is 38.5 Å². The molecular formula is C18H21FO3. The zero-order valence-corrected chi connectivity index (χ0v) is 12.6. The zero-order chi connectivity index (χ0) is 15.3. The number of carbonyl (C=O) groups is 1. The second-order valence-corrected chi connectivity index (χ2v) is 7.53. The highest BCUT2D eigenvalue weighted by atomic mass is 19.1. The van der Waals surface area contributed by atoms with Gasteiger partial charge in [0, 0.05) is 0 Å². The van der Waals surface area contributed by atoms with Gasteiger partial charge in [-0.3, -0.25) is 0 Å². The molecule has 1 aromatic carbocycles. The summed E-state index contributed by atoms with van der Waals surface area (Å²) in [4.78, 5) is 10.5. The minimum atomic E-state index is -1.09. The van der Waals surface area contributed by atoms with Crippen LogP contribution in [0.1, 0.15) is 44.1 Å². The third-order valence-electron chi connectivity index (χ3n) is 5.93. The highest BCUT2D eigenvalue weighted by Gasteiger charge is 2.51. The van der Waals surface area contributed by atoms with Gasteiger partial charge in [0.1, 0.15) is 0 Å². The average molecular weight is 304 g/mol. The van der Waals surface area contributed by atoms with Crippen LogP contribution in [-0.2, 0) is 10.2 Å². The molecule has 5 rings (SSSR count). The molecule has 0 spiro atoms. The van der Waals surface area contributed by atoms with E-state index in [0.29, 0.717) is 0 Å². The number of benzene rings is 1. The lowest BCUT2D eigenvalue weighted by Crippen LogP contribution is -2.48. The Balaban J connectivity index is 1.60. The van der Waals surface area contributed by atoms with Gasteiger partial charge in [-0.25, -0.2) is 9.18 Å². The third-order valence-corrected chi connectivity index (χ3v) is 5.93. The van der Waals surface area contributed by atoms with Crippen molar-refractivity contribution in [3.05, 3.63) is 29.6 Å². The molecule has 1 N–H and O–H groups in total. The van der Waals surface area contributed by atoms with Crippen molar-refractivity contribution in [3.63, 3.8) is 0 Å². The molecule has 4 bridgehead atoms. The molecule has 3 nitrogen and oxygen atoms in total. The highest BCUT2D eigenvalue weighted by molar-refractivity contribution is 5.68. The molecule has 4 fully saturated rings. The molecular weight excluding hydrogens is 283 g/mol. The molecule has 4 saturated carbocycles. The quantitative estimate of drug-likeness (QED) is 0.921. The van der Waals surface area contributed by atoms with Gasteiger partial charge in [0.15, 0.2) is 18.2 Å². The van der Waals surface area contributed by atoms with Crippen LogP contribution in [0.25, 0.3) is 0 Å². The molecule has 0 amide bonds. The molecule has 1 aromatic rings. The molecule has 0 radical (unpaired) electrons. The first-order valence-corrected chi connectivity index (χ1v) is 8.19. The molecule has 4 aliphatic carbocycles. The van der Waals surface area contributed by atoms with E-state index >= 15 is 0 Å². The number of halogens is 1. The van der Waals surface area contributed by atoms with E-state index in [0.717, 1.165) is 23.3 Å². The standard InChI is InChI=1S/C18H21FO3/c19-15-6-14(1-2-16(15)22-10-17(20)21)18-7-11-3-12(8-18)5-13(4-11)9-18/h1-2,6,11-13H,3-5,7-10H2,(H,20,21). The van der Waals surface area contributed by atoms with E-state index in [4.69, 9.17) is 9.84 Å². The summed E-state index contributed by atoms with van der Waals surface area (Å²) in [6.07, 6.45) is 7.65. The molecule has 118 valence electrons. The fourth-order valence-electron chi connectivity index (χ4n) is 5.55. The van der Waals surface area contributed by atoms with Gasteiger partial charge in [-0.2, -0.15) is 0 Å². The lowest BCUT2D eigenvalue weighted by molar-refractivity contribution is -0.139. The molecule has 4 aliphatic rings. The molecule has 0 aromatic heterocycles. The Kier molecular flexibility index (Phi) is 3.17. The van der Waals surface area contributed by atoms with Crippen molar-refractivity contribution in [1.82, 2.24) is 0 Å². The Morgan fingerprint density at radius 1 is 1.18 bits per heavy atom. The highest BCUT2D eigenvalue weighted by Crippen LogP contribution is 2.60. The number of carboxylic acids is 1. The van der Waals surface area contributed by atoms with E-state index in [-0.39, 0.29) is 11.2 Å². The van der Waals surface area contributed by atoms with Crippen LogP contribution in [0.15, 0.2) is 18.2 Å². The normalized spacial score (nSPS) is 35.6. The van der Waals surface area contributed by atoms with Gasteiger partial charge >= 0.3 is 5.97 Å². The zero-order valence-electron chi connectivity index (χ0n) is 12.6. The number of rotatable bonds is 4. The number of ether oxygens (including phenoxy) is 1. The number of hydrogen-bond donors (Lipinski definition) is 1. The molecule has 22 heavy (non-hydrogen) atoms. The summed E-state index contributed by atoms with van der Waals surface area (Å²) < 4.78 is 19.3. The predicted molar refractivity (Wildman–Crippen MR) is 79.4 cm³/mol. The van der Waals surface area contributed by atoms with Crippen LogP contribution in [0.4, 0.5) is 4.39 Å². The minimum absolute atomic E-state index is 0.0379. The lowest BCUT2D eigenvalue weighted by atomic mass is 9.48. The van der Waals surface area contributed by atoms with E-state index < -0.39 is 18.4 Å². The topological polar surface area (TPSA) is 46.5 Å². The van der Waals surface area contributed by atoms with Crippen molar-refractivity contribution in [2.45, 2.75) is 43.9 Å². The lowest BCUT2D eigenvalue weighted by Gasteiger charge is -2.57. The first-order chi connectivity index (χ1) is 10.5. The summed E-state index contributed by atoms with van der Waals surface area (Å²) in [5, 5.41) is 8.63. The smallest absolute Gasteiger partial charge is 0.341 e. The monoisotopic (exact) mass is 304 g/mol. The molecule has 0 saturated heterocycles. The van der Waals surface area contributed by atoms with E-state index in [9.17, 15) is 9.18 Å². The van der Waals surface area contributed by atoms with Crippen LogP contribution in [0.2, 0.25) is 0 Å². The molecule has 0 unspecified atom stereocenters. The van der Waals surface area contributed by atoms with Crippen LogP contribution in [0.3, 0.4) is 0 Å². The van der Waals surface area contributed by atoms with Gasteiger partial charge < -0.3 is 9.84 Å². The van der Waals surface area contributed by atoms with Crippen molar-refractivity contribution in [1.29, 1.82) is 0 Å². The fourth-order valence-corrected chi connectivity index (χ4v) is 5.55. The van der Waals surface area contributed by atoms with Gasteiger partial charge in [-0.15, -0.1) is 0 Å². The summed E-state index contributed by atoms with van der Waals surface area (Å²) in [7, 11) is 0. The van der Waals surface area contributed by atoms with Crippen LogP contribution >= 0.6 is 0 Å². The van der Waals surface area contributed by atoms with Gasteiger partial charge in [0.2, 0.25) is 0 Å². The number of aliphatic carboxylic acids is 1. The maximum Gasteiger partial charge on any atom is 0.341 e. The Labute approximate surface area is 129 Å². The Morgan fingerprint density at radius 2 is 1.77 bits per heavy atom. The van der Waals surface area contributed by atoms with Gasteiger partial charge in [-0.05, 0) is 79.4 Å². The van der Waals surface area contributed by atoms with Crippen LogP contribution in [-0.4, -0.2) is 17.7 Å². The van der Waals surface area contributed by atoms with Crippen molar-refractivity contribution in [3.8, 4) is 5.75 Å². The van der Waals surface area contributed by atoms with Crippen molar-refractivity contribution in [2.24, 2.45) is 17.8 Å². The second-order valence-electron chi connectivity index (χ2n) is 7.53. The summed E-state index contributed by atoms with van der Waals surface area (Å²) in [6, 6.07) is 5.14. The van der Waals surface area contributed by atoms with Crippen molar-refractivity contribution in [2.75, 3.05) is 6.61 Å².